The van der Waals surface area contributed by atoms with E-state index in [9.17, 15) is 0 Å². The lowest BCUT2D eigenvalue weighted by Gasteiger charge is -2.10. The van der Waals surface area contributed by atoms with Gasteiger partial charge in [0, 0.05) is 13.7 Å². The fourth-order valence-electron chi connectivity index (χ4n) is 2.17. The van der Waals surface area contributed by atoms with Crippen LogP contribution < -0.4 is 0 Å². The molecule has 0 radical (unpaired) electrons. The van der Waals surface area contributed by atoms with Crippen molar-refractivity contribution in [2.24, 2.45) is 0 Å². The molecule has 0 N–H and O–H groups in total. The Labute approximate surface area is 129 Å². The van der Waals surface area contributed by atoms with Crippen LogP contribution in [-0.2, 0) is 15.9 Å². The van der Waals surface area contributed by atoms with Crippen LogP contribution >= 0.6 is 0 Å². The van der Waals surface area contributed by atoms with Crippen molar-refractivity contribution in [1.29, 1.82) is 0 Å². The molecule has 0 spiro atoms. The largest absolute Gasteiger partial charge is 0.379 e. The minimum absolute atomic E-state index is 0.186. The van der Waals surface area contributed by atoms with Gasteiger partial charge >= 0.3 is 0 Å². The van der Waals surface area contributed by atoms with Crippen molar-refractivity contribution < 1.29 is 9.47 Å². The summed E-state index contributed by atoms with van der Waals surface area (Å²) in [5, 5.41) is 0. The molecule has 1 rings (SSSR count). The Bertz CT molecular complexity index is 437. The SMILES string of the molecule is C=Cc1ccc(CCCCCOC[C@H](C)OC)cc1C=C. The second-order valence-electron chi connectivity index (χ2n) is 5.30. The zero-order valence-corrected chi connectivity index (χ0v) is 13.4. The van der Waals surface area contributed by atoms with E-state index in [4.69, 9.17) is 9.47 Å². The molecule has 0 aliphatic rings. The van der Waals surface area contributed by atoms with E-state index >= 15 is 0 Å². The molecule has 0 unspecified atom stereocenters. The van der Waals surface area contributed by atoms with Gasteiger partial charge < -0.3 is 9.47 Å². The maximum atomic E-state index is 5.56. The Morgan fingerprint density at radius 2 is 1.86 bits per heavy atom. The number of benzene rings is 1. The van der Waals surface area contributed by atoms with E-state index in [-0.39, 0.29) is 6.10 Å². The van der Waals surface area contributed by atoms with Gasteiger partial charge in [-0.05, 0) is 42.9 Å². The molecule has 0 fully saturated rings. The molecule has 2 nitrogen and oxygen atoms in total. The molecular formula is C19H28O2. The minimum atomic E-state index is 0.186. The van der Waals surface area contributed by atoms with Crippen LogP contribution in [0.15, 0.2) is 31.4 Å². The number of hydrogen-bond donors (Lipinski definition) is 0. The Balaban J connectivity index is 2.21. The van der Waals surface area contributed by atoms with Gasteiger partial charge in [-0.25, -0.2) is 0 Å². The normalized spacial score (nSPS) is 12.1. The average molecular weight is 288 g/mol. The van der Waals surface area contributed by atoms with E-state index in [1.807, 2.05) is 19.1 Å². The van der Waals surface area contributed by atoms with E-state index in [0.29, 0.717) is 6.61 Å². The summed E-state index contributed by atoms with van der Waals surface area (Å²) in [7, 11) is 1.71. The van der Waals surface area contributed by atoms with Crippen LogP contribution in [0, 0.1) is 0 Å². The smallest absolute Gasteiger partial charge is 0.0776 e. The summed E-state index contributed by atoms with van der Waals surface area (Å²) in [4.78, 5) is 0. The van der Waals surface area contributed by atoms with Crippen molar-refractivity contribution in [3.05, 3.63) is 48.0 Å². The van der Waals surface area contributed by atoms with Crippen LogP contribution in [0.1, 0.15) is 42.9 Å². The Morgan fingerprint density at radius 3 is 2.52 bits per heavy atom. The molecule has 0 bridgehead atoms. The van der Waals surface area contributed by atoms with E-state index in [0.717, 1.165) is 25.0 Å². The average Bonchev–Trinajstić information content (AvgIpc) is 2.53. The van der Waals surface area contributed by atoms with E-state index in [1.165, 1.54) is 24.0 Å². The number of unbranched alkanes of at least 4 members (excludes halogenated alkanes) is 2. The quantitative estimate of drug-likeness (QED) is 0.548. The summed E-state index contributed by atoms with van der Waals surface area (Å²) in [6.07, 6.45) is 8.54. The molecule has 1 atom stereocenters. The molecule has 0 amide bonds. The van der Waals surface area contributed by atoms with Crippen molar-refractivity contribution >= 4 is 12.2 Å². The van der Waals surface area contributed by atoms with Crippen LogP contribution in [0.2, 0.25) is 0 Å². The summed E-state index contributed by atoms with van der Waals surface area (Å²) in [5.74, 6) is 0. The van der Waals surface area contributed by atoms with Crippen LogP contribution in [0.25, 0.3) is 12.2 Å². The van der Waals surface area contributed by atoms with Gasteiger partial charge in [0.25, 0.3) is 0 Å². The lowest BCUT2D eigenvalue weighted by atomic mass is 10.0. The number of hydrogen-bond acceptors (Lipinski definition) is 2. The van der Waals surface area contributed by atoms with Crippen molar-refractivity contribution in [3.63, 3.8) is 0 Å². The zero-order chi connectivity index (χ0) is 15.5. The van der Waals surface area contributed by atoms with Gasteiger partial charge in [0.15, 0.2) is 0 Å². The Kier molecular flexibility index (Phi) is 8.72. The first-order valence-corrected chi connectivity index (χ1v) is 7.69. The number of ether oxygens (including phenoxy) is 2. The van der Waals surface area contributed by atoms with Crippen molar-refractivity contribution in [1.82, 2.24) is 0 Å². The van der Waals surface area contributed by atoms with Gasteiger partial charge in [-0.1, -0.05) is 49.9 Å². The van der Waals surface area contributed by atoms with Crippen molar-refractivity contribution in [2.45, 2.75) is 38.7 Å². The fraction of sp³-hybridized carbons (Fsp3) is 0.474. The summed E-state index contributed by atoms with van der Waals surface area (Å²) in [6.45, 7) is 11.2. The van der Waals surface area contributed by atoms with Crippen LogP contribution in [0.4, 0.5) is 0 Å². The minimum Gasteiger partial charge on any atom is -0.379 e. The second-order valence-corrected chi connectivity index (χ2v) is 5.30. The third-order valence-corrected chi connectivity index (χ3v) is 3.60. The second kappa shape index (κ2) is 10.4. The number of rotatable bonds is 11. The Hall–Kier alpha value is -1.38. The van der Waals surface area contributed by atoms with Gasteiger partial charge in [0.1, 0.15) is 0 Å². The highest BCUT2D eigenvalue weighted by Gasteiger charge is 2.00. The summed E-state index contributed by atoms with van der Waals surface area (Å²) < 4.78 is 10.7. The topological polar surface area (TPSA) is 18.5 Å². The fourth-order valence-corrected chi connectivity index (χ4v) is 2.17. The van der Waals surface area contributed by atoms with Gasteiger partial charge in [0.2, 0.25) is 0 Å². The van der Waals surface area contributed by atoms with E-state index in [1.54, 1.807) is 7.11 Å². The van der Waals surface area contributed by atoms with Gasteiger partial charge in [-0.2, -0.15) is 0 Å². The molecule has 0 aromatic heterocycles. The molecule has 0 heterocycles. The molecule has 21 heavy (non-hydrogen) atoms. The lowest BCUT2D eigenvalue weighted by Crippen LogP contribution is -2.14. The summed E-state index contributed by atoms with van der Waals surface area (Å²) >= 11 is 0. The monoisotopic (exact) mass is 288 g/mol. The van der Waals surface area contributed by atoms with Gasteiger partial charge in [-0.15, -0.1) is 0 Å². The highest BCUT2D eigenvalue weighted by atomic mass is 16.5. The Morgan fingerprint density at radius 1 is 1.10 bits per heavy atom. The summed E-state index contributed by atoms with van der Waals surface area (Å²) in [5.41, 5.74) is 3.68. The first kappa shape index (κ1) is 17.7. The zero-order valence-electron chi connectivity index (χ0n) is 13.4. The molecule has 1 aromatic carbocycles. The molecular weight excluding hydrogens is 260 g/mol. The molecule has 1 aromatic rings. The van der Waals surface area contributed by atoms with Crippen LogP contribution in [0.5, 0.6) is 0 Å². The van der Waals surface area contributed by atoms with Crippen LogP contribution in [0.3, 0.4) is 0 Å². The van der Waals surface area contributed by atoms with Crippen molar-refractivity contribution in [3.8, 4) is 0 Å². The molecule has 0 aliphatic carbocycles. The first-order valence-electron chi connectivity index (χ1n) is 7.69. The van der Waals surface area contributed by atoms with Gasteiger partial charge in [0.05, 0.1) is 12.7 Å². The molecule has 2 heteroatoms. The first-order chi connectivity index (χ1) is 10.2. The van der Waals surface area contributed by atoms with Gasteiger partial charge in [-0.3, -0.25) is 0 Å². The maximum absolute atomic E-state index is 5.56. The molecule has 0 saturated heterocycles. The predicted octanol–water partition coefficient (Wildman–Crippen LogP) is 4.74. The van der Waals surface area contributed by atoms with Crippen LogP contribution in [-0.4, -0.2) is 26.4 Å². The highest BCUT2D eigenvalue weighted by molar-refractivity contribution is 5.64. The highest BCUT2D eigenvalue weighted by Crippen LogP contribution is 2.16. The standard InChI is InChI=1S/C19H28O2/c1-5-18-12-11-17(14-19(18)6-2)10-8-7-9-13-21-15-16(3)20-4/h5-6,11-12,14,16H,1-2,7-10,13,15H2,3-4H3/t16-/m0/s1. The number of methoxy groups -OCH3 is 1. The lowest BCUT2D eigenvalue weighted by molar-refractivity contribution is 0.0174. The molecule has 0 aliphatic heterocycles. The van der Waals surface area contributed by atoms with E-state index < -0.39 is 0 Å². The molecule has 0 saturated carbocycles. The molecule has 116 valence electrons. The number of aryl methyl sites for hydroxylation is 1. The predicted molar refractivity (Wildman–Crippen MR) is 91.5 cm³/mol. The third-order valence-electron chi connectivity index (χ3n) is 3.60. The maximum Gasteiger partial charge on any atom is 0.0776 e. The van der Waals surface area contributed by atoms with E-state index in [2.05, 4.69) is 31.4 Å². The summed E-state index contributed by atoms with van der Waals surface area (Å²) in [6, 6.07) is 6.51. The third kappa shape index (κ3) is 6.74. The van der Waals surface area contributed by atoms with Crippen molar-refractivity contribution in [2.75, 3.05) is 20.3 Å².